The van der Waals surface area contributed by atoms with Gasteiger partial charge >= 0.3 is 0 Å². The van der Waals surface area contributed by atoms with Crippen molar-refractivity contribution in [3.05, 3.63) is 0 Å². The summed E-state index contributed by atoms with van der Waals surface area (Å²) in [6.07, 6.45) is 0. The van der Waals surface area contributed by atoms with Crippen molar-refractivity contribution < 1.29 is 18.9 Å². The molecule has 16 heavy (non-hydrogen) atoms. The molecule has 0 aromatic heterocycles. The monoisotopic (exact) mass is 226 g/mol. The molecule has 0 saturated heterocycles. The molecule has 0 unspecified atom stereocenters. The number of ether oxygens (including phenoxy) is 4. The van der Waals surface area contributed by atoms with E-state index in [4.69, 9.17) is 29.5 Å². The van der Waals surface area contributed by atoms with Gasteiger partial charge in [0.05, 0.1) is 12.1 Å². The van der Waals surface area contributed by atoms with Crippen molar-refractivity contribution in [1.29, 1.82) is 10.5 Å². The van der Waals surface area contributed by atoms with Crippen LogP contribution in [0.1, 0.15) is 0 Å². The Bertz CT molecular complexity index is 302. The van der Waals surface area contributed by atoms with Crippen molar-refractivity contribution in [2.45, 2.75) is 11.6 Å². The molecule has 1 rings (SSSR count). The molecule has 0 aromatic carbocycles. The molecule has 0 spiro atoms. The van der Waals surface area contributed by atoms with Crippen molar-refractivity contribution in [2.75, 3.05) is 28.4 Å². The van der Waals surface area contributed by atoms with Gasteiger partial charge in [-0.15, -0.1) is 0 Å². The highest BCUT2D eigenvalue weighted by atomic mass is 16.8. The lowest BCUT2D eigenvalue weighted by atomic mass is 9.63. The van der Waals surface area contributed by atoms with E-state index < -0.39 is 23.4 Å². The van der Waals surface area contributed by atoms with Crippen LogP contribution in [-0.2, 0) is 18.9 Å². The van der Waals surface area contributed by atoms with Crippen LogP contribution in [0.5, 0.6) is 0 Å². The molecule has 0 N–H and O–H groups in total. The van der Waals surface area contributed by atoms with E-state index in [-0.39, 0.29) is 0 Å². The average Bonchev–Trinajstić information content (AvgIpc) is 2.31. The smallest absolute Gasteiger partial charge is 0.242 e. The van der Waals surface area contributed by atoms with Gasteiger partial charge in [0.2, 0.25) is 11.6 Å². The van der Waals surface area contributed by atoms with Gasteiger partial charge in [0.1, 0.15) is 11.8 Å². The first-order valence-corrected chi connectivity index (χ1v) is 4.63. The van der Waals surface area contributed by atoms with Crippen LogP contribution in [0.15, 0.2) is 0 Å². The van der Waals surface area contributed by atoms with E-state index in [9.17, 15) is 0 Å². The minimum Gasteiger partial charge on any atom is -0.348 e. The van der Waals surface area contributed by atoms with Crippen molar-refractivity contribution in [1.82, 2.24) is 0 Å². The highest BCUT2D eigenvalue weighted by Crippen LogP contribution is 2.56. The van der Waals surface area contributed by atoms with E-state index in [1.807, 2.05) is 12.1 Å². The molecule has 6 heteroatoms. The van der Waals surface area contributed by atoms with Crippen LogP contribution >= 0.6 is 0 Å². The fourth-order valence-corrected chi connectivity index (χ4v) is 2.34. The zero-order chi connectivity index (χ0) is 12.4. The van der Waals surface area contributed by atoms with Crippen molar-refractivity contribution >= 4 is 0 Å². The summed E-state index contributed by atoms with van der Waals surface area (Å²) in [6.45, 7) is 0. The number of rotatable bonds is 4. The Hall–Kier alpha value is -1.18. The standard InChI is InChI=1S/C10H14N2O4/c1-13-9(14-2)7(5-11)8(6-12)10(9,15-3)16-4/h7-8H,1-4H3/t7-,8-/m0/s1. The highest BCUT2D eigenvalue weighted by molar-refractivity contribution is 5.25. The number of nitriles is 2. The number of nitrogens with zero attached hydrogens (tertiary/aromatic N) is 2. The van der Waals surface area contributed by atoms with Crippen LogP contribution in [0.2, 0.25) is 0 Å². The predicted octanol–water partition coefficient (Wildman–Crippen LogP) is 0.258. The van der Waals surface area contributed by atoms with Gasteiger partial charge in [0.25, 0.3) is 0 Å². The fraction of sp³-hybridized carbons (Fsp3) is 0.800. The Morgan fingerprint density at radius 2 is 1.00 bits per heavy atom. The second-order valence-electron chi connectivity index (χ2n) is 3.37. The summed E-state index contributed by atoms with van der Waals surface area (Å²) in [4.78, 5) is 0. The molecular formula is C10H14N2O4. The summed E-state index contributed by atoms with van der Waals surface area (Å²) in [5, 5.41) is 18.1. The predicted molar refractivity (Wildman–Crippen MR) is 51.7 cm³/mol. The molecule has 6 nitrogen and oxygen atoms in total. The molecule has 0 bridgehead atoms. The van der Waals surface area contributed by atoms with E-state index in [2.05, 4.69) is 0 Å². The molecule has 2 atom stereocenters. The topological polar surface area (TPSA) is 84.5 Å². The van der Waals surface area contributed by atoms with Crippen LogP contribution in [0, 0.1) is 34.5 Å². The van der Waals surface area contributed by atoms with Gasteiger partial charge in [-0.25, -0.2) is 0 Å². The van der Waals surface area contributed by atoms with Gasteiger partial charge < -0.3 is 18.9 Å². The van der Waals surface area contributed by atoms with Gasteiger partial charge in [0.15, 0.2) is 0 Å². The Kier molecular flexibility index (Phi) is 3.51. The molecule has 0 aliphatic heterocycles. The molecule has 1 saturated carbocycles. The number of methoxy groups -OCH3 is 4. The molecule has 0 aromatic rings. The first-order valence-electron chi connectivity index (χ1n) is 4.63. The zero-order valence-corrected chi connectivity index (χ0v) is 9.68. The van der Waals surface area contributed by atoms with Gasteiger partial charge in [-0.2, -0.15) is 10.5 Å². The maximum atomic E-state index is 9.04. The summed E-state index contributed by atoms with van der Waals surface area (Å²) >= 11 is 0. The van der Waals surface area contributed by atoms with E-state index in [1.165, 1.54) is 28.4 Å². The molecule has 0 heterocycles. The second-order valence-corrected chi connectivity index (χ2v) is 3.37. The SMILES string of the molecule is COC1(OC)[C@@H](C#N)[C@H](C#N)C1(OC)OC. The molecule has 0 radical (unpaired) electrons. The Morgan fingerprint density at radius 1 is 0.750 bits per heavy atom. The first-order chi connectivity index (χ1) is 7.63. The van der Waals surface area contributed by atoms with Gasteiger partial charge in [-0.3, -0.25) is 0 Å². The van der Waals surface area contributed by atoms with Gasteiger partial charge in [0, 0.05) is 28.4 Å². The largest absolute Gasteiger partial charge is 0.348 e. The van der Waals surface area contributed by atoms with Gasteiger partial charge in [-0.05, 0) is 0 Å². The van der Waals surface area contributed by atoms with Crippen LogP contribution in [0.4, 0.5) is 0 Å². The van der Waals surface area contributed by atoms with Crippen LogP contribution in [0.3, 0.4) is 0 Å². The first kappa shape index (κ1) is 12.9. The molecule has 0 amide bonds. The van der Waals surface area contributed by atoms with E-state index >= 15 is 0 Å². The quantitative estimate of drug-likeness (QED) is 0.639. The minimum absolute atomic E-state index is 0.757. The molecule has 1 aliphatic rings. The third-order valence-corrected chi connectivity index (χ3v) is 3.13. The molecule has 1 aliphatic carbocycles. The highest BCUT2D eigenvalue weighted by Gasteiger charge is 2.77. The summed E-state index contributed by atoms with van der Waals surface area (Å²) < 4.78 is 20.8. The molecule has 88 valence electrons. The second kappa shape index (κ2) is 4.36. The average molecular weight is 226 g/mol. The third-order valence-electron chi connectivity index (χ3n) is 3.13. The summed E-state index contributed by atoms with van der Waals surface area (Å²) in [6, 6.07) is 3.97. The lowest BCUT2D eigenvalue weighted by molar-refractivity contribution is -0.471. The van der Waals surface area contributed by atoms with Crippen LogP contribution < -0.4 is 0 Å². The van der Waals surface area contributed by atoms with Crippen LogP contribution in [-0.4, -0.2) is 40.0 Å². The lowest BCUT2D eigenvalue weighted by Crippen LogP contribution is -2.78. The Labute approximate surface area is 94.3 Å². The fourth-order valence-electron chi connectivity index (χ4n) is 2.34. The summed E-state index contributed by atoms with van der Waals surface area (Å²) in [5.74, 6) is -4.25. The van der Waals surface area contributed by atoms with Crippen molar-refractivity contribution in [3.8, 4) is 12.1 Å². The van der Waals surface area contributed by atoms with E-state index in [0.29, 0.717) is 0 Å². The number of hydrogen-bond donors (Lipinski definition) is 0. The third kappa shape index (κ3) is 1.13. The van der Waals surface area contributed by atoms with Crippen molar-refractivity contribution in [3.63, 3.8) is 0 Å². The Morgan fingerprint density at radius 3 is 1.12 bits per heavy atom. The maximum absolute atomic E-state index is 9.04. The molecular weight excluding hydrogens is 212 g/mol. The summed E-state index contributed by atoms with van der Waals surface area (Å²) in [7, 11) is 5.53. The minimum atomic E-state index is -1.37. The normalized spacial score (nSPS) is 29.9. The van der Waals surface area contributed by atoms with E-state index in [0.717, 1.165) is 0 Å². The van der Waals surface area contributed by atoms with Gasteiger partial charge in [-0.1, -0.05) is 0 Å². The Balaban J connectivity index is 3.24. The van der Waals surface area contributed by atoms with Crippen molar-refractivity contribution in [2.24, 2.45) is 11.8 Å². The molecule has 1 fully saturated rings. The lowest BCUT2D eigenvalue weighted by Gasteiger charge is -2.59. The maximum Gasteiger partial charge on any atom is 0.242 e. The van der Waals surface area contributed by atoms with Crippen LogP contribution in [0.25, 0.3) is 0 Å². The van der Waals surface area contributed by atoms with E-state index in [1.54, 1.807) is 0 Å². The number of hydrogen-bond acceptors (Lipinski definition) is 6. The summed E-state index contributed by atoms with van der Waals surface area (Å²) in [5.41, 5.74) is 0. The zero-order valence-electron chi connectivity index (χ0n) is 9.68.